The maximum Gasteiger partial charge on any atom is 0.280 e. The summed E-state index contributed by atoms with van der Waals surface area (Å²) in [6.45, 7) is 0. The molecule has 98 valence electrons. The van der Waals surface area contributed by atoms with Crippen molar-refractivity contribution in [3.8, 4) is 17.3 Å². The van der Waals surface area contributed by atoms with Gasteiger partial charge in [0.05, 0.1) is 29.3 Å². The maximum atomic E-state index is 12.1. The number of carbonyl (C=O) groups is 1. The Morgan fingerprint density at radius 1 is 1.05 bits per heavy atom. The van der Waals surface area contributed by atoms with E-state index in [-0.39, 0.29) is 5.88 Å². The van der Waals surface area contributed by atoms with Crippen molar-refractivity contribution in [3.63, 3.8) is 0 Å². The van der Waals surface area contributed by atoms with Gasteiger partial charge in [0.2, 0.25) is 0 Å². The molecule has 0 fully saturated rings. The molecule has 20 heavy (non-hydrogen) atoms. The number of furan rings is 2. The standard InChI is InChI=1S/C14H8N2O4/c17-13-9-10(12(16-13)8-4-2-6-20-8)14(18)15-11(9)7-3-1-5-19-7/h1-6,15,18H. The zero-order valence-corrected chi connectivity index (χ0v) is 10.1. The molecular formula is C14H8N2O4. The topological polar surface area (TPSA) is 91.7 Å². The zero-order valence-electron chi connectivity index (χ0n) is 10.1. The third kappa shape index (κ3) is 1.33. The van der Waals surface area contributed by atoms with E-state index < -0.39 is 5.91 Å². The molecule has 0 saturated heterocycles. The molecule has 0 aliphatic carbocycles. The number of hydrogen-bond donors (Lipinski definition) is 2. The van der Waals surface area contributed by atoms with Crippen LogP contribution in [0.3, 0.4) is 0 Å². The molecule has 0 aromatic carbocycles. The van der Waals surface area contributed by atoms with Gasteiger partial charge in [0.25, 0.3) is 5.91 Å². The second-order valence-electron chi connectivity index (χ2n) is 4.32. The van der Waals surface area contributed by atoms with E-state index in [1.807, 2.05) is 0 Å². The van der Waals surface area contributed by atoms with Crippen molar-refractivity contribution in [2.75, 3.05) is 0 Å². The largest absolute Gasteiger partial charge is 0.494 e. The van der Waals surface area contributed by atoms with Crippen LogP contribution in [0.25, 0.3) is 11.5 Å². The third-order valence-corrected chi connectivity index (χ3v) is 3.17. The number of carbonyl (C=O) groups excluding carboxylic acids is 1. The van der Waals surface area contributed by atoms with Gasteiger partial charge in [-0.1, -0.05) is 0 Å². The van der Waals surface area contributed by atoms with E-state index >= 15 is 0 Å². The van der Waals surface area contributed by atoms with Crippen molar-refractivity contribution in [3.05, 3.63) is 53.7 Å². The Kier molecular flexibility index (Phi) is 2.03. The molecule has 1 amide bonds. The van der Waals surface area contributed by atoms with E-state index in [0.29, 0.717) is 34.1 Å². The molecule has 0 saturated carbocycles. The summed E-state index contributed by atoms with van der Waals surface area (Å²) in [6.07, 6.45) is 2.98. The normalized spacial score (nSPS) is 13.6. The second-order valence-corrected chi connectivity index (χ2v) is 4.32. The summed E-state index contributed by atoms with van der Waals surface area (Å²) in [4.78, 5) is 18.8. The number of nitrogens with one attached hydrogen (secondary N) is 1. The molecule has 0 bridgehead atoms. The molecule has 3 aromatic heterocycles. The number of aromatic hydroxyl groups is 1. The summed E-state index contributed by atoms with van der Waals surface area (Å²) in [5.41, 5.74) is 1.37. The molecule has 0 spiro atoms. The predicted molar refractivity (Wildman–Crippen MR) is 68.8 cm³/mol. The Labute approximate surface area is 112 Å². The Bertz CT molecular complexity index is 823. The molecule has 2 N–H and O–H groups in total. The van der Waals surface area contributed by atoms with Gasteiger partial charge in [-0.3, -0.25) is 4.79 Å². The molecule has 1 aliphatic heterocycles. The van der Waals surface area contributed by atoms with Gasteiger partial charge in [0.15, 0.2) is 17.4 Å². The Hall–Kier alpha value is -3.02. The maximum absolute atomic E-state index is 12.1. The first kappa shape index (κ1) is 10.9. The first-order valence-electron chi connectivity index (χ1n) is 5.92. The second kappa shape index (κ2) is 3.74. The molecule has 4 heterocycles. The zero-order chi connectivity index (χ0) is 13.7. The number of H-pyrrole nitrogens is 1. The summed E-state index contributed by atoms with van der Waals surface area (Å²) in [6, 6.07) is 6.77. The van der Waals surface area contributed by atoms with Crippen molar-refractivity contribution < 1.29 is 18.7 Å². The fourth-order valence-electron chi connectivity index (χ4n) is 2.34. The van der Waals surface area contributed by atoms with E-state index in [1.54, 1.807) is 24.3 Å². The first-order chi connectivity index (χ1) is 9.75. The predicted octanol–water partition coefficient (Wildman–Crippen LogP) is 2.56. The van der Waals surface area contributed by atoms with Crippen molar-refractivity contribution in [2.24, 2.45) is 4.99 Å². The number of aliphatic imine (C=N–C) groups is 1. The van der Waals surface area contributed by atoms with E-state index in [9.17, 15) is 9.90 Å². The Morgan fingerprint density at radius 3 is 2.40 bits per heavy atom. The third-order valence-electron chi connectivity index (χ3n) is 3.17. The van der Waals surface area contributed by atoms with Crippen LogP contribution in [0, 0.1) is 0 Å². The Balaban J connectivity index is 1.95. The minimum Gasteiger partial charge on any atom is -0.494 e. The lowest BCUT2D eigenvalue weighted by Gasteiger charge is -1.95. The number of rotatable bonds is 2. The van der Waals surface area contributed by atoms with Gasteiger partial charge in [-0.05, 0) is 24.3 Å². The number of fused-ring (bicyclic) bond motifs is 1. The van der Waals surface area contributed by atoms with Crippen LogP contribution in [0.4, 0.5) is 0 Å². The quantitative estimate of drug-likeness (QED) is 0.747. The van der Waals surface area contributed by atoms with Crippen LogP contribution < -0.4 is 0 Å². The van der Waals surface area contributed by atoms with E-state index in [4.69, 9.17) is 8.83 Å². The lowest BCUT2D eigenvalue weighted by molar-refractivity contribution is 0.101. The highest BCUT2D eigenvalue weighted by Gasteiger charge is 2.35. The number of hydrogen-bond acceptors (Lipinski definition) is 4. The van der Waals surface area contributed by atoms with Gasteiger partial charge in [0, 0.05) is 0 Å². The number of nitrogens with zero attached hydrogens (tertiary/aromatic N) is 1. The molecule has 0 atom stereocenters. The van der Waals surface area contributed by atoms with Crippen molar-refractivity contribution in [2.45, 2.75) is 0 Å². The van der Waals surface area contributed by atoms with E-state index in [2.05, 4.69) is 9.98 Å². The van der Waals surface area contributed by atoms with Crippen LogP contribution in [0.15, 0.2) is 50.6 Å². The summed E-state index contributed by atoms with van der Waals surface area (Å²) < 4.78 is 10.5. The number of amides is 1. The first-order valence-corrected chi connectivity index (χ1v) is 5.92. The van der Waals surface area contributed by atoms with Crippen molar-refractivity contribution >= 4 is 11.6 Å². The number of aromatic amines is 1. The smallest absolute Gasteiger partial charge is 0.280 e. The highest BCUT2D eigenvalue weighted by atomic mass is 16.3. The molecule has 6 nitrogen and oxygen atoms in total. The lowest BCUT2D eigenvalue weighted by atomic mass is 10.1. The molecule has 0 unspecified atom stereocenters. The minimum atomic E-state index is -0.436. The SMILES string of the molecule is O=C1N=C(c2ccco2)c2c(O)[nH]c(-c3ccco3)c21. The van der Waals surface area contributed by atoms with E-state index in [0.717, 1.165) is 0 Å². The molecule has 1 aliphatic rings. The van der Waals surface area contributed by atoms with Crippen LogP contribution in [-0.2, 0) is 0 Å². The number of aromatic nitrogens is 1. The monoisotopic (exact) mass is 268 g/mol. The van der Waals surface area contributed by atoms with Crippen molar-refractivity contribution in [1.82, 2.24) is 4.98 Å². The van der Waals surface area contributed by atoms with Crippen LogP contribution in [0.2, 0.25) is 0 Å². The molecule has 4 rings (SSSR count). The van der Waals surface area contributed by atoms with Crippen LogP contribution in [0.5, 0.6) is 5.88 Å². The molecular weight excluding hydrogens is 260 g/mol. The summed E-state index contributed by atoms with van der Waals surface area (Å²) >= 11 is 0. The average Bonchev–Trinajstić information content (AvgIpc) is 3.17. The fraction of sp³-hybridized carbons (Fsp3) is 0. The highest BCUT2D eigenvalue weighted by Crippen LogP contribution is 2.37. The summed E-state index contributed by atoms with van der Waals surface area (Å²) in [7, 11) is 0. The fourth-order valence-corrected chi connectivity index (χ4v) is 2.34. The van der Waals surface area contributed by atoms with Crippen LogP contribution in [0.1, 0.15) is 21.7 Å². The Morgan fingerprint density at radius 2 is 1.75 bits per heavy atom. The summed E-state index contributed by atoms with van der Waals surface area (Å²) in [5, 5.41) is 10.1. The van der Waals surface area contributed by atoms with Gasteiger partial charge in [-0.15, -0.1) is 0 Å². The van der Waals surface area contributed by atoms with Gasteiger partial charge in [0.1, 0.15) is 5.71 Å². The minimum absolute atomic E-state index is 0.132. The molecule has 6 heteroatoms. The highest BCUT2D eigenvalue weighted by molar-refractivity contribution is 6.29. The molecule has 3 aromatic rings. The average molecular weight is 268 g/mol. The van der Waals surface area contributed by atoms with Gasteiger partial charge < -0.3 is 18.9 Å². The van der Waals surface area contributed by atoms with Crippen molar-refractivity contribution in [1.29, 1.82) is 0 Å². The lowest BCUT2D eigenvalue weighted by Crippen LogP contribution is -1.97. The van der Waals surface area contributed by atoms with Crippen LogP contribution in [-0.4, -0.2) is 21.7 Å². The summed E-state index contributed by atoms with van der Waals surface area (Å²) in [5.74, 6) is 0.324. The van der Waals surface area contributed by atoms with E-state index in [1.165, 1.54) is 12.5 Å². The van der Waals surface area contributed by atoms with Crippen LogP contribution >= 0.6 is 0 Å². The van der Waals surface area contributed by atoms with Gasteiger partial charge in [-0.25, -0.2) is 4.99 Å². The van der Waals surface area contributed by atoms with Gasteiger partial charge in [-0.2, -0.15) is 0 Å². The van der Waals surface area contributed by atoms with Gasteiger partial charge >= 0.3 is 0 Å². The molecule has 0 radical (unpaired) electrons.